The summed E-state index contributed by atoms with van der Waals surface area (Å²) in [6.45, 7) is 6.43. The highest BCUT2D eigenvalue weighted by molar-refractivity contribution is 6.30. The van der Waals surface area contributed by atoms with E-state index in [9.17, 15) is 9.59 Å². The molecule has 1 aromatic rings. The van der Waals surface area contributed by atoms with Crippen LogP contribution in [0.25, 0.3) is 0 Å². The minimum absolute atomic E-state index is 0.0105. The molecule has 0 saturated heterocycles. The van der Waals surface area contributed by atoms with E-state index in [-0.39, 0.29) is 17.6 Å². The lowest BCUT2D eigenvalue weighted by atomic mass is 9.94. The Labute approximate surface area is 118 Å². The molecule has 1 aliphatic heterocycles. The molecule has 0 atom stereocenters. The van der Waals surface area contributed by atoms with E-state index < -0.39 is 5.41 Å². The number of Topliss-reactive ketones (excluding diaryl/α,β-unsaturated/α-hetero) is 1. The molecule has 1 amide bonds. The number of hydrogen-bond donors (Lipinski definition) is 0. The van der Waals surface area contributed by atoms with Crippen LogP contribution >= 0.6 is 11.6 Å². The van der Waals surface area contributed by atoms with Gasteiger partial charge in [0.15, 0.2) is 5.78 Å². The summed E-state index contributed by atoms with van der Waals surface area (Å²) in [5, 5.41) is 0. The number of benzene rings is 1. The SMILES string of the molecule is CC(C)(C)C(=O)N1CCc2cc(C(=O)CCl)ccc21. The van der Waals surface area contributed by atoms with Crippen LogP contribution in [0.2, 0.25) is 0 Å². The van der Waals surface area contributed by atoms with Gasteiger partial charge in [0.1, 0.15) is 0 Å². The Morgan fingerprint density at radius 1 is 1.32 bits per heavy atom. The topological polar surface area (TPSA) is 37.4 Å². The standard InChI is InChI=1S/C15H18ClNO2/c1-15(2,3)14(19)17-7-6-10-8-11(13(18)9-16)4-5-12(10)17/h4-5,8H,6-7,9H2,1-3H3. The predicted molar refractivity (Wildman–Crippen MR) is 77.0 cm³/mol. The number of alkyl halides is 1. The number of nitrogens with zero attached hydrogens (tertiary/aromatic N) is 1. The first-order chi connectivity index (χ1) is 8.84. The Bertz CT molecular complexity index is 531. The zero-order valence-electron chi connectivity index (χ0n) is 11.5. The van der Waals surface area contributed by atoms with Gasteiger partial charge in [-0.2, -0.15) is 0 Å². The largest absolute Gasteiger partial charge is 0.311 e. The molecular formula is C15H18ClNO2. The molecule has 0 radical (unpaired) electrons. The van der Waals surface area contributed by atoms with Gasteiger partial charge in [-0.3, -0.25) is 9.59 Å². The highest BCUT2D eigenvalue weighted by atomic mass is 35.5. The van der Waals surface area contributed by atoms with Crippen LogP contribution < -0.4 is 4.90 Å². The van der Waals surface area contributed by atoms with Gasteiger partial charge in [0, 0.05) is 23.2 Å². The molecule has 3 nitrogen and oxygen atoms in total. The molecule has 0 saturated carbocycles. The average molecular weight is 280 g/mol. The quantitative estimate of drug-likeness (QED) is 0.616. The smallest absolute Gasteiger partial charge is 0.232 e. The molecule has 0 N–H and O–H groups in total. The van der Waals surface area contributed by atoms with E-state index in [0.29, 0.717) is 12.1 Å². The van der Waals surface area contributed by atoms with E-state index >= 15 is 0 Å². The lowest BCUT2D eigenvalue weighted by Crippen LogP contribution is -2.38. The fourth-order valence-electron chi connectivity index (χ4n) is 2.27. The van der Waals surface area contributed by atoms with E-state index in [4.69, 9.17) is 11.6 Å². The normalized spacial score (nSPS) is 14.4. The number of rotatable bonds is 2. The molecule has 0 bridgehead atoms. The van der Waals surface area contributed by atoms with Gasteiger partial charge in [0.25, 0.3) is 0 Å². The van der Waals surface area contributed by atoms with Gasteiger partial charge >= 0.3 is 0 Å². The van der Waals surface area contributed by atoms with Crippen molar-refractivity contribution in [3.05, 3.63) is 29.3 Å². The maximum absolute atomic E-state index is 12.3. The molecule has 0 spiro atoms. The third-order valence-corrected chi connectivity index (χ3v) is 3.55. The van der Waals surface area contributed by atoms with Crippen molar-refractivity contribution in [3.8, 4) is 0 Å². The first kappa shape index (κ1) is 14.1. The van der Waals surface area contributed by atoms with E-state index in [1.807, 2.05) is 37.8 Å². The van der Waals surface area contributed by atoms with Crippen molar-refractivity contribution < 1.29 is 9.59 Å². The van der Waals surface area contributed by atoms with Crippen LogP contribution in [-0.2, 0) is 11.2 Å². The summed E-state index contributed by atoms with van der Waals surface area (Å²) in [7, 11) is 0. The number of halogens is 1. The zero-order valence-corrected chi connectivity index (χ0v) is 12.3. The fraction of sp³-hybridized carbons (Fsp3) is 0.467. The number of amides is 1. The molecule has 0 unspecified atom stereocenters. The maximum atomic E-state index is 12.3. The number of fused-ring (bicyclic) bond motifs is 1. The first-order valence-corrected chi connectivity index (χ1v) is 6.92. The monoisotopic (exact) mass is 279 g/mol. The summed E-state index contributed by atoms with van der Waals surface area (Å²) in [5.41, 5.74) is 2.20. The van der Waals surface area contributed by atoms with Gasteiger partial charge in [-0.15, -0.1) is 11.6 Å². The van der Waals surface area contributed by atoms with Gasteiger partial charge in [0.2, 0.25) is 5.91 Å². The second kappa shape index (κ2) is 4.97. The van der Waals surface area contributed by atoms with Gasteiger partial charge < -0.3 is 4.90 Å². The summed E-state index contributed by atoms with van der Waals surface area (Å²) in [5.74, 6) is 0.0244. The molecule has 1 heterocycles. The lowest BCUT2D eigenvalue weighted by Gasteiger charge is -2.26. The lowest BCUT2D eigenvalue weighted by molar-refractivity contribution is -0.125. The summed E-state index contributed by atoms with van der Waals surface area (Å²) in [4.78, 5) is 25.7. The summed E-state index contributed by atoms with van der Waals surface area (Å²) >= 11 is 5.56. The molecule has 1 aromatic carbocycles. The van der Waals surface area contributed by atoms with Gasteiger partial charge in [0.05, 0.1) is 5.88 Å². The third-order valence-electron chi connectivity index (χ3n) is 3.31. The number of carbonyl (C=O) groups excluding carboxylic acids is 2. The molecule has 1 aliphatic rings. The van der Waals surface area contributed by atoms with Crippen LogP contribution in [0.5, 0.6) is 0 Å². The van der Waals surface area contributed by atoms with Crippen molar-refractivity contribution in [1.29, 1.82) is 0 Å². The molecule has 0 aromatic heterocycles. The van der Waals surface area contributed by atoms with Crippen molar-refractivity contribution >= 4 is 29.0 Å². The van der Waals surface area contributed by atoms with E-state index in [1.54, 1.807) is 6.07 Å². The second-order valence-electron chi connectivity index (χ2n) is 5.86. The number of anilines is 1. The number of hydrogen-bond acceptors (Lipinski definition) is 2. The van der Waals surface area contributed by atoms with E-state index in [1.165, 1.54) is 0 Å². The molecule has 2 rings (SSSR count). The Morgan fingerprint density at radius 2 is 2.00 bits per heavy atom. The van der Waals surface area contributed by atoms with Gasteiger partial charge in [-0.05, 0) is 30.2 Å². The first-order valence-electron chi connectivity index (χ1n) is 6.38. The highest BCUT2D eigenvalue weighted by Gasteiger charge is 2.32. The van der Waals surface area contributed by atoms with Crippen molar-refractivity contribution in [2.75, 3.05) is 17.3 Å². The molecular weight excluding hydrogens is 262 g/mol. The van der Waals surface area contributed by atoms with Crippen molar-refractivity contribution in [3.63, 3.8) is 0 Å². The van der Waals surface area contributed by atoms with Crippen LogP contribution in [0.3, 0.4) is 0 Å². The molecule has 4 heteroatoms. The van der Waals surface area contributed by atoms with Crippen LogP contribution in [0.15, 0.2) is 18.2 Å². The van der Waals surface area contributed by atoms with Crippen LogP contribution in [-0.4, -0.2) is 24.1 Å². The summed E-state index contributed by atoms with van der Waals surface area (Å²) in [6, 6.07) is 5.46. The Balaban J connectivity index is 2.32. The Kier molecular flexibility index (Phi) is 3.68. The zero-order chi connectivity index (χ0) is 14.2. The number of ketones is 1. The number of carbonyl (C=O) groups is 2. The summed E-state index contributed by atoms with van der Waals surface area (Å²) in [6.07, 6.45) is 0.792. The Hall–Kier alpha value is -1.35. The van der Waals surface area contributed by atoms with Gasteiger partial charge in [-0.1, -0.05) is 20.8 Å². The summed E-state index contributed by atoms with van der Waals surface area (Å²) < 4.78 is 0. The van der Waals surface area contributed by atoms with Crippen molar-refractivity contribution in [2.24, 2.45) is 5.41 Å². The molecule has 0 fully saturated rings. The minimum atomic E-state index is -0.397. The van der Waals surface area contributed by atoms with Gasteiger partial charge in [-0.25, -0.2) is 0 Å². The molecule has 19 heavy (non-hydrogen) atoms. The minimum Gasteiger partial charge on any atom is -0.311 e. The highest BCUT2D eigenvalue weighted by Crippen LogP contribution is 2.32. The van der Waals surface area contributed by atoms with Crippen LogP contribution in [0.1, 0.15) is 36.7 Å². The second-order valence-corrected chi connectivity index (χ2v) is 6.12. The van der Waals surface area contributed by atoms with Crippen molar-refractivity contribution in [2.45, 2.75) is 27.2 Å². The maximum Gasteiger partial charge on any atom is 0.232 e. The fourth-order valence-corrected chi connectivity index (χ4v) is 2.42. The molecule has 0 aliphatic carbocycles. The predicted octanol–water partition coefficient (Wildman–Crippen LogP) is 3.04. The van der Waals surface area contributed by atoms with Crippen LogP contribution in [0, 0.1) is 5.41 Å². The Morgan fingerprint density at radius 3 is 2.58 bits per heavy atom. The van der Waals surface area contributed by atoms with E-state index in [0.717, 1.165) is 17.7 Å². The van der Waals surface area contributed by atoms with E-state index in [2.05, 4.69) is 0 Å². The molecule has 102 valence electrons. The average Bonchev–Trinajstić information content (AvgIpc) is 2.78. The van der Waals surface area contributed by atoms with Crippen LogP contribution in [0.4, 0.5) is 5.69 Å². The van der Waals surface area contributed by atoms with Crippen molar-refractivity contribution in [1.82, 2.24) is 0 Å². The third kappa shape index (κ3) is 2.66.